The Morgan fingerprint density at radius 2 is 1.95 bits per heavy atom. The van der Waals surface area contributed by atoms with Crippen molar-refractivity contribution in [2.45, 2.75) is 19.9 Å². The molecule has 0 saturated carbocycles. The molecule has 7 nitrogen and oxygen atoms in total. The quantitative estimate of drug-likeness (QED) is 0.622. The van der Waals surface area contributed by atoms with E-state index in [-0.39, 0.29) is 17.4 Å². The van der Waals surface area contributed by atoms with E-state index in [1.807, 2.05) is 19.0 Å². The Bertz CT molecular complexity index is 495. The molecule has 1 aromatic rings. The minimum Gasteiger partial charge on any atom is -0.336 e. The van der Waals surface area contributed by atoms with Gasteiger partial charge in [0, 0.05) is 18.7 Å². The summed E-state index contributed by atoms with van der Waals surface area (Å²) >= 11 is 0. The normalized spacial score (nSPS) is 12.3. The molecule has 1 rings (SSSR count). The number of rotatable bonds is 6. The number of para-hydroxylation sites is 2. The maximum atomic E-state index is 11.9. The van der Waals surface area contributed by atoms with E-state index in [0.717, 1.165) is 0 Å². The van der Waals surface area contributed by atoms with Crippen LogP contribution in [0, 0.1) is 16.0 Å². The zero-order valence-electron chi connectivity index (χ0n) is 12.8. The summed E-state index contributed by atoms with van der Waals surface area (Å²) in [6.07, 6.45) is 0. The van der Waals surface area contributed by atoms with Crippen LogP contribution in [-0.2, 0) is 0 Å². The number of likely N-dealkylation sites (N-methyl/N-ethyl adjacent to an activating group) is 1. The van der Waals surface area contributed by atoms with E-state index in [4.69, 9.17) is 0 Å². The Balaban J connectivity index is 2.64. The van der Waals surface area contributed by atoms with Gasteiger partial charge in [0.1, 0.15) is 5.69 Å². The largest absolute Gasteiger partial charge is 0.336 e. The van der Waals surface area contributed by atoms with Gasteiger partial charge in [-0.1, -0.05) is 26.0 Å². The number of urea groups is 1. The first-order valence-corrected chi connectivity index (χ1v) is 6.77. The molecule has 0 heterocycles. The molecule has 1 aromatic carbocycles. The van der Waals surface area contributed by atoms with Crippen LogP contribution in [0.25, 0.3) is 0 Å². The van der Waals surface area contributed by atoms with Crippen LogP contribution in [0.1, 0.15) is 13.8 Å². The van der Waals surface area contributed by atoms with Crippen LogP contribution in [0.15, 0.2) is 24.3 Å². The fourth-order valence-electron chi connectivity index (χ4n) is 2.12. The standard InChI is InChI=1S/C14H22N4O3/c1-10(2)13(17(3)4)9-15-14(19)16-11-7-5-6-8-12(11)18(20)21/h5-8,10,13H,9H2,1-4H3,(H2,15,16,19)/t13-/m0/s1. The van der Waals surface area contributed by atoms with Crippen LogP contribution in [0.2, 0.25) is 0 Å². The molecular formula is C14H22N4O3. The highest BCUT2D eigenvalue weighted by atomic mass is 16.6. The topological polar surface area (TPSA) is 87.5 Å². The molecule has 7 heteroatoms. The highest BCUT2D eigenvalue weighted by molar-refractivity contribution is 5.91. The third-order valence-corrected chi connectivity index (χ3v) is 3.25. The molecule has 0 aliphatic rings. The fraction of sp³-hybridized carbons (Fsp3) is 0.500. The number of carbonyl (C=O) groups is 1. The van der Waals surface area contributed by atoms with E-state index in [0.29, 0.717) is 12.5 Å². The number of benzene rings is 1. The molecule has 0 spiro atoms. The molecule has 0 aliphatic carbocycles. The van der Waals surface area contributed by atoms with Crippen LogP contribution in [0.3, 0.4) is 0 Å². The van der Waals surface area contributed by atoms with E-state index < -0.39 is 11.0 Å². The Labute approximate surface area is 124 Å². The van der Waals surface area contributed by atoms with E-state index >= 15 is 0 Å². The van der Waals surface area contributed by atoms with Gasteiger partial charge in [-0.05, 0) is 26.1 Å². The molecule has 21 heavy (non-hydrogen) atoms. The minimum atomic E-state index is -0.521. The van der Waals surface area contributed by atoms with Crippen molar-refractivity contribution < 1.29 is 9.72 Å². The number of nitro benzene ring substituents is 1. The van der Waals surface area contributed by atoms with Gasteiger partial charge in [0.2, 0.25) is 0 Å². The molecule has 1 atom stereocenters. The van der Waals surface area contributed by atoms with Crippen LogP contribution >= 0.6 is 0 Å². The predicted octanol–water partition coefficient (Wildman–Crippen LogP) is 2.30. The first-order chi connectivity index (χ1) is 9.82. The van der Waals surface area contributed by atoms with Crippen LogP contribution in [-0.4, -0.2) is 42.5 Å². The maximum Gasteiger partial charge on any atom is 0.319 e. The second kappa shape index (κ2) is 7.58. The molecular weight excluding hydrogens is 272 g/mol. The Kier molecular flexibility index (Phi) is 6.10. The molecule has 116 valence electrons. The number of carbonyl (C=O) groups excluding carboxylic acids is 1. The van der Waals surface area contributed by atoms with Crippen LogP contribution in [0.5, 0.6) is 0 Å². The second-order valence-corrected chi connectivity index (χ2v) is 5.38. The lowest BCUT2D eigenvalue weighted by molar-refractivity contribution is -0.383. The van der Waals surface area contributed by atoms with Gasteiger partial charge in [0.05, 0.1) is 4.92 Å². The number of hydrogen-bond donors (Lipinski definition) is 2. The molecule has 0 bridgehead atoms. The third-order valence-electron chi connectivity index (χ3n) is 3.25. The van der Waals surface area contributed by atoms with Crippen molar-refractivity contribution in [3.05, 3.63) is 34.4 Å². The number of nitro groups is 1. The number of nitrogens with one attached hydrogen (secondary N) is 2. The highest BCUT2D eigenvalue weighted by Gasteiger charge is 2.18. The summed E-state index contributed by atoms with van der Waals surface area (Å²) in [6, 6.07) is 5.80. The maximum absolute atomic E-state index is 11.9. The average Bonchev–Trinajstić information content (AvgIpc) is 2.38. The lowest BCUT2D eigenvalue weighted by Gasteiger charge is -2.28. The number of nitrogens with zero attached hydrogens (tertiary/aromatic N) is 2. The van der Waals surface area contributed by atoms with Gasteiger partial charge in [-0.25, -0.2) is 4.79 Å². The first kappa shape index (κ1) is 16.9. The fourth-order valence-corrected chi connectivity index (χ4v) is 2.12. The summed E-state index contributed by atoms with van der Waals surface area (Å²) in [5.74, 6) is 0.381. The summed E-state index contributed by atoms with van der Waals surface area (Å²) in [7, 11) is 3.90. The minimum absolute atomic E-state index is 0.124. The van der Waals surface area contributed by atoms with Crippen molar-refractivity contribution in [2.75, 3.05) is 26.0 Å². The molecule has 2 N–H and O–H groups in total. The van der Waals surface area contributed by atoms with Crippen molar-refractivity contribution in [1.82, 2.24) is 10.2 Å². The lowest BCUT2D eigenvalue weighted by atomic mass is 10.0. The smallest absolute Gasteiger partial charge is 0.319 e. The van der Waals surface area contributed by atoms with E-state index in [1.54, 1.807) is 12.1 Å². The summed E-state index contributed by atoms with van der Waals surface area (Å²) in [6.45, 7) is 4.62. The van der Waals surface area contributed by atoms with Gasteiger partial charge in [-0.15, -0.1) is 0 Å². The number of hydrogen-bond acceptors (Lipinski definition) is 4. The number of anilines is 1. The predicted molar refractivity (Wildman–Crippen MR) is 82.4 cm³/mol. The zero-order valence-corrected chi connectivity index (χ0v) is 12.8. The summed E-state index contributed by atoms with van der Waals surface area (Å²) in [4.78, 5) is 24.3. The zero-order chi connectivity index (χ0) is 16.0. The van der Waals surface area contributed by atoms with E-state index in [2.05, 4.69) is 24.5 Å². The molecule has 0 radical (unpaired) electrons. The van der Waals surface area contributed by atoms with Crippen LogP contribution in [0.4, 0.5) is 16.2 Å². The molecule has 0 saturated heterocycles. The first-order valence-electron chi connectivity index (χ1n) is 6.77. The summed E-state index contributed by atoms with van der Waals surface area (Å²) in [5.41, 5.74) is 0.0617. The van der Waals surface area contributed by atoms with Gasteiger partial charge < -0.3 is 15.5 Å². The molecule has 0 aliphatic heterocycles. The van der Waals surface area contributed by atoms with Crippen molar-refractivity contribution >= 4 is 17.4 Å². The van der Waals surface area contributed by atoms with Gasteiger partial charge in [0.15, 0.2) is 0 Å². The van der Waals surface area contributed by atoms with Gasteiger partial charge in [0.25, 0.3) is 5.69 Å². The van der Waals surface area contributed by atoms with Gasteiger partial charge in [-0.2, -0.15) is 0 Å². The molecule has 2 amide bonds. The Hall–Kier alpha value is -2.15. The molecule has 0 fully saturated rings. The summed E-state index contributed by atoms with van der Waals surface area (Å²) < 4.78 is 0. The SMILES string of the molecule is CC(C)[C@H](CNC(=O)Nc1ccccc1[N+](=O)[O-])N(C)C. The van der Waals surface area contributed by atoms with Crippen molar-refractivity contribution in [2.24, 2.45) is 5.92 Å². The number of amides is 2. The van der Waals surface area contributed by atoms with E-state index in [9.17, 15) is 14.9 Å². The van der Waals surface area contributed by atoms with Gasteiger partial charge in [-0.3, -0.25) is 10.1 Å². The van der Waals surface area contributed by atoms with Crippen LogP contribution < -0.4 is 10.6 Å². The van der Waals surface area contributed by atoms with E-state index in [1.165, 1.54) is 12.1 Å². The lowest BCUT2D eigenvalue weighted by Crippen LogP contribution is -2.44. The highest BCUT2D eigenvalue weighted by Crippen LogP contribution is 2.22. The van der Waals surface area contributed by atoms with Crippen molar-refractivity contribution in [3.63, 3.8) is 0 Å². The van der Waals surface area contributed by atoms with Gasteiger partial charge >= 0.3 is 6.03 Å². The molecule has 0 aromatic heterocycles. The summed E-state index contributed by atoms with van der Waals surface area (Å²) in [5, 5.41) is 16.1. The van der Waals surface area contributed by atoms with Crippen molar-refractivity contribution in [3.8, 4) is 0 Å². The monoisotopic (exact) mass is 294 g/mol. The Morgan fingerprint density at radius 3 is 2.48 bits per heavy atom. The Morgan fingerprint density at radius 1 is 1.33 bits per heavy atom. The average molecular weight is 294 g/mol. The third kappa shape index (κ3) is 5.03. The van der Waals surface area contributed by atoms with Crippen molar-refractivity contribution in [1.29, 1.82) is 0 Å². The molecule has 0 unspecified atom stereocenters. The second-order valence-electron chi connectivity index (χ2n) is 5.38.